The number of hydrogen-bond donors (Lipinski definition) is 0. The number of benzene rings is 2. The lowest BCUT2D eigenvalue weighted by atomic mass is 9.98. The minimum atomic E-state index is 0.726. The van der Waals surface area contributed by atoms with Gasteiger partial charge in [-0.3, -0.25) is 4.79 Å². The summed E-state index contributed by atoms with van der Waals surface area (Å²) in [5, 5.41) is 1.98. The predicted octanol–water partition coefficient (Wildman–Crippen LogP) is 4.91. The van der Waals surface area contributed by atoms with Crippen LogP contribution in [0.2, 0.25) is 0 Å². The molecule has 0 N–H and O–H groups in total. The smallest absolute Gasteiger partial charge is 0.150 e. The molecular weight excluding hydrogens is 298 g/mol. The van der Waals surface area contributed by atoms with Crippen LogP contribution in [-0.2, 0) is 5.75 Å². The molecule has 2 nitrogen and oxygen atoms in total. The molecule has 0 radical (unpaired) electrons. The Kier molecular flexibility index (Phi) is 4.48. The Hall–Kier alpha value is -1.91. The monoisotopic (exact) mass is 311 g/mol. The molecule has 0 aliphatic rings. The molecule has 0 unspecified atom stereocenters. The minimum absolute atomic E-state index is 0.726. The van der Waals surface area contributed by atoms with Gasteiger partial charge in [0.2, 0.25) is 0 Å². The van der Waals surface area contributed by atoms with Crippen LogP contribution in [0.25, 0.3) is 11.1 Å². The maximum atomic E-state index is 11.2. The molecule has 4 heteroatoms. The summed E-state index contributed by atoms with van der Waals surface area (Å²) in [6.07, 6.45) is 2.73. The molecule has 3 rings (SSSR count). The number of carbonyl (C=O) groups is 1. The summed E-state index contributed by atoms with van der Waals surface area (Å²) in [4.78, 5) is 15.5. The van der Waals surface area contributed by atoms with Gasteiger partial charge in [0, 0.05) is 22.9 Å². The van der Waals surface area contributed by atoms with Crippen molar-refractivity contribution in [1.29, 1.82) is 0 Å². The molecule has 0 aliphatic carbocycles. The van der Waals surface area contributed by atoms with Gasteiger partial charge in [-0.1, -0.05) is 54.2 Å². The van der Waals surface area contributed by atoms with Crippen LogP contribution in [0.15, 0.2) is 64.4 Å². The van der Waals surface area contributed by atoms with E-state index < -0.39 is 0 Å². The average Bonchev–Trinajstić information content (AvgIpc) is 3.07. The van der Waals surface area contributed by atoms with Crippen molar-refractivity contribution in [2.75, 3.05) is 0 Å². The molecule has 0 atom stereocenters. The lowest BCUT2D eigenvalue weighted by Crippen LogP contribution is -1.90. The Morgan fingerprint density at radius 3 is 2.71 bits per heavy atom. The van der Waals surface area contributed by atoms with E-state index in [4.69, 9.17) is 0 Å². The van der Waals surface area contributed by atoms with Crippen LogP contribution in [-0.4, -0.2) is 11.3 Å². The van der Waals surface area contributed by atoms with E-state index >= 15 is 0 Å². The van der Waals surface area contributed by atoms with Crippen molar-refractivity contribution in [3.63, 3.8) is 0 Å². The number of rotatable bonds is 5. The van der Waals surface area contributed by atoms with Crippen LogP contribution < -0.4 is 0 Å². The lowest BCUT2D eigenvalue weighted by Gasteiger charge is -2.08. The summed E-state index contributed by atoms with van der Waals surface area (Å²) in [5.74, 6) is 0.854. The van der Waals surface area contributed by atoms with Crippen molar-refractivity contribution in [3.8, 4) is 11.1 Å². The third-order valence-electron chi connectivity index (χ3n) is 3.10. The first kappa shape index (κ1) is 14.0. The highest BCUT2D eigenvalue weighted by molar-refractivity contribution is 8.00. The third-order valence-corrected chi connectivity index (χ3v) is 5.14. The van der Waals surface area contributed by atoms with Crippen LogP contribution in [0.4, 0.5) is 0 Å². The summed E-state index contributed by atoms with van der Waals surface area (Å²) in [6.45, 7) is 0. The standard InChI is InChI=1S/C17H13NOS2/c19-11-15-7-6-13(12-21-17-18-8-9-20-17)10-16(15)14-4-2-1-3-5-14/h1-11H,12H2. The summed E-state index contributed by atoms with van der Waals surface area (Å²) in [6, 6.07) is 16.0. The molecule has 0 saturated carbocycles. The van der Waals surface area contributed by atoms with Gasteiger partial charge < -0.3 is 0 Å². The van der Waals surface area contributed by atoms with E-state index in [0.717, 1.165) is 33.1 Å². The van der Waals surface area contributed by atoms with Gasteiger partial charge in [-0.15, -0.1) is 11.3 Å². The van der Waals surface area contributed by atoms with Gasteiger partial charge in [0.25, 0.3) is 0 Å². The van der Waals surface area contributed by atoms with E-state index in [-0.39, 0.29) is 0 Å². The van der Waals surface area contributed by atoms with Crippen LogP contribution in [0.5, 0.6) is 0 Å². The van der Waals surface area contributed by atoms with Crippen LogP contribution >= 0.6 is 23.1 Å². The van der Waals surface area contributed by atoms with Crippen LogP contribution in [0, 0.1) is 0 Å². The van der Waals surface area contributed by atoms with E-state index in [0.29, 0.717) is 0 Å². The maximum absolute atomic E-state index is 11.2. The zero-order valence-corrected chi connectivity index (χ0v) is 12.9. The van der Waals surface area contributed by atoms with Crippen molar-refractivity contribution in [3.05, 3.63) is 71.2 Å². The molecular formula is C17H13NOS2. The fraction of sp³-hybridized carbons (Fsp3) is 0.0588. The Morgan fingerprint density at radius 1 is 1.14 bits per heavy atom. The number of nitrogens with zero attached hydrogens (tertiary/aromatic N) is 1. The average molecular weight is 311 g/mol. The fourth-order valence-corrected chi connectivity index (χ4v) is 3.67. The van der Waals surface area contributed by atoms with Gasteiger partial charge >= 0.3 is 0 Å². The second-order valence-corrected chi connectivity index (χ2v) is 6.61. The molecule has 0 spiro atoms. The topological polar surface area (TPSA) is 30.0 Å². The van der Waals surface area contributed by atoms with E-state index in [1.807, 2.05) is 54.0 Å². The lowest BCUT2D eigenvalue weighted by molar-refractivity contribution is 0.112. The maximum Gasteiger partial charge on any atom is 0.150 e. The molecule has 0 fully saturated rings. The van der Waals surface area contributed by atoms with Crippen LogP contribution in [0.1, 0.15) is 15.9 Å². The number of aldehydes is 1. The first-order valence-corrected chi connectivity index (χ1v) is 8.39. The van der Waals surface area contributed by atoms with Gasteiger partial charge in [0.05, 0.1) is 0 Å². The normalized spacial score (nSPS) is 10.5. The molecule has 104 valence electrons. The molecule has 0 amide bonds. The highest BCUT2D eigenvalue weighted by Crippen LogP contribution is 2.28. The van der Waals surface area contributed by atoms with E-state index in [1.165, 1.54) is 5.56 Å². The number of aromatic nitrogens is 1. The second-order valence-electron chi connectivity index (χ2n) is 4.49. The number of carbonyl (C=O) groups excluding carboxylic acids is 1. The Bertz CT molecular complexity index is 724. The molecule has 1 aromatic heterocycles. The Labute approximate surface area is 131 Å². The predicted molar refractivity (Wildman–Crippen MR) is 88.9 cm³/mol. The number of hydrogen-bond acceptors (Lipinski definition) is 4. The molecule has 1 heterocycles. The Morgan fingerprint density at radius 2 is 2.00 bits per heavy atom. The zero-order valence-electron chi connectivity index (χ0n) is 11.2. The van der Waals surface area contributed by atoms with Crippen molar-refractivity contribution < 1.29 is 4.79 Å². The SMILES string of the molecule is O=Cc1ccc(CSc2nccs2)cc1-c1ccccc1. The molecule has 2 aromatic carbocycles. The minimum Gasteiger partial charge on any atom is -0.298 e. The third kappa shape index (κ3) is 3.40. The van der Waals surface area contributed by atoms with Gasteiger partial charge in [-0.2, -0.15) is 0 Å². The summed E-state index contributed by atoms with van der Waals surface area (Å²) in [7, 11) is 0. The van der Waals surface area contributed by atoms with Crippen molar-refractivity contribution in [1.82, 2.24) is 4.98 Å². The second kappa shape index (κ2) is 6.70. The van der Waals surface area contributed by atoms with E-state index in [1.54, 1.807) is 23.1 Å². The largest absolute Gasteiger partial charge is 0.298 e. The number of thioether (sulfide) groups is 1. The molecule has 0 aliphatic heterocycles. The van der Waals surface area contributed by atoms with E-state index in [2.05, 4.69) is 11.1 Å². The Balaban J connectivity index is 1.88. The molecule has 21 heavy (non-hydrogen) atoms. The van der Waals surface area contributed by atoms with Crippen molar-refractivity contribution in [2.24, 2.45) is 0 Å². The number of thiazole rings is 1. The molecule has 0 bridgehead atoms. The quantitative estimate of drug-likeness (QED) is 0.495. The van der Waals surface area contributed by atoms with Gasteiger partial charge in [0.1, 0.15) is 4.34 Å². The van der Waals surface area contributed by atoms with Gasteiger partial charge in [-0.25, -0.2) is 4.98 Å². The molecule has 3 aromatic rings. The van der Waals surface area contributed by atoms with Crippen molar-refractivity contribution >= 4 is 29.4 Å². The summed E-state index contributed by atoms with van der Waals surface area (Å²) >= 11 is 3.36. The van der Waals surface area contributed by atoms with E-state index in [9.17, 15) is 4.79 Å². The van der Waals surface area contributed by atoms with Crippen molar-refractivity contribution in [2.45, 2.75) is 10.1 Å². The summed E-state index contributed by atoms with van der Waals surface area (Å²) < 4.78 is 1.07. The highest BCUT2D eigenvalue weighted by Gasteiger charge is 2.06. The highest BCUT2D eigenvalue weighted by atomic mass is 32.2. The zero-order chi connectivity index (χ0) is 14.5. The van der Waals surface area contributed by atoms with Gasteiger partial charge in [0.15, 0.2) is 6.29 Å². The van der Waals surface area contributed by atoms with Crippen LogP contribution in [0.3, 0.4) is 0 Å². The first-order valence-electron chi connectivity index (χ1n) is 6.52. The summed E-state index contributed by atoms with van der Waals surface area (Å²) in [5.41, 5.74) is 3.98. The molecule has 0 saturated heterocycles. The van der Waals surface area contributed by atoms with Gasteiger partial charge in [-0.05, 0) is 22.8 Å². The fourth-order valence-electron chi connectivity index (χ4n) is 2.09. The first-order chi connectivity index (χ1) is 10.4.